The normalized spacial score (nSPS) is 21.1. The Morgan fingerprint density at radius 1 is 1.69 bits per heavy atom. The summed E-state index contributed by atoms with van der Waals surface area (Å²) < 4.78 is 5.44. The van der Waals surface area contributed by atoms with E-state index in [-0.39, 0.29) is 5.28 Å². The maximum absolute atomic E-state index is 5.87. The van der Waals surface area contributed by atoms with Crippen LogP contribution in [0.4, 0.5) is 11.5 Å². The second-order valence-electron chi connectivity index (χ2n) is 3.75. The Bertz CT molecular complexity index is 374. The highest BCUT2D eigenvalue weighted by molar-refractivity contribution is 6.28. The van der Waals surface area contributed by atoms with Crippen LogP contribution in [0, 0.1) is 0 Å². The van der Waals surface area contributed by atoms with Crippen LogP contribution in [-0.4, -0.2) is 35.8 Å². The molecule has 1 aromatic rings. The number of nitrogens with two attached hydrogens (primary N) is 1. The van der Waals surface area contributed by atoms with Gasteiger partial charge in [0, 0.05) is 6.54 Å². The number of ether oxygens (including phenoxy) is 1. The monoisotopic (exact) mass is 242 g/mol. The number of nitrogen functional groups attached to an aromatic ring is 1. The summed E-state index contributed by atoms with van der Waals surface area (Å²) in [6, 6.07) is 0.307. The summed E-state index contributed by atoms with van der Waals surface area (Å²) in [4.78, 5) is 10.2. The molecular weight excluding hydrogens is 228 g/mol. The van der Waals surface area contributed by atoms with E-state index < -0.39 is 0 Å². The third kappa shape index (κ3) is 2.20. The molecule has 2 heterocycles. The van der Waals surface area contributed by atoms with E-state index >= 15 is 0 Å². The molecule has 1 saturated heterocycles. The maximum Gasteiger partial charge on any atom is 0.224 e. The minimum Gasteiger partial charge on any atom is -0.394 e. The molecule has 5 nitrogen and oxygen atoms in total. The van der Waals surface area contributed by atoms with Crippen LogP contribution in [0.25, 0.3) is 0 Å². The molecule has 1 aliphatic heterocycles. The minimum absolute atomic E-state index is 0.227. The van der Waals surface area contributed by atoms with Crippen molar-refractivity contribution in [3.8, 4) is 0 Å². The molecule has 6 heteroatoms. The van der Waals surface area contributed by atoms with Gasteiger partial charge in [0.2, 0.25) is 5.28 Å². The Hall–Kier alpha value is -1.07. The van der Waals surface area contributed by atoms with Gasteiger partial charge in [-0.2, -0.15) is 4.98 Å². The number of nitrogens with zero attached hydrogens (tertiary/aromatic N) is 3. The third-order valence-electron chi connectivity index (χ3n) is 2.74. The molecule has 0 aromatic carbocycles. The fourth-order valence-corrected chi connectivity index (χ4v) is 1.99. The van der Waals surface area contributed by atoms with Gasteiger partial charge in [-0.15, -0.1) is 0 Å². The van der Waals surface area contributed by atoms with E-state index in [0.29, 0.717) is 24.9 Å². The van der Waals surface area contributed by atoms with Crippen LogP contribution in [0.2, 0.25) is 5.28 Å². The molecule has 1 unspecified atom stereocenters. The summed E-state index contributed by atoms with van der Waals surface area (Å²) in [5.41, 5.74) is 6.43. The van der Waals surface area contributed by atoms with E-state index in [2.05, 4.69) is 21.8 Å². The van der Waals surface area contributed by atoms with Gasteiger partial charge in [-0.25, -0.2) is 4.98 Å². The fourth-order valence-electron chi connectivity index (χ4n) is 1.86. The number of rotatable bonds is 2. The molecule has 1 aromatic heterocycles. The number of anilines is 2. The minimum atomic E-state index is 0.227. The predicted octanol–water partition coefficient (Wildman–Crippen LogP) is 1.33. The van der Waals surface area contributed by atoms with Gasteiger partial charge in [0.1, 0.15) is 0 Å². The van der Waals surface area contributed by atoms with E-state index in [1.165, 1.54) is 0 Å². The quantitative estimate of drug-likeness (QED) is 0.793. The van der Waals surface area contributed by atoms with Crippen LogP contribution < -0.4 is 10.6 Å². The van der Waals surface area contributed by atoms with E-state index in [1.807, 2.05) is 0 Å². The lowest BCUT2D eigenvalue weighted by Gasteiger charge is -2.36. The first kappa shape index (κ1) is 11.4. The first-order chi connectivity index (χ1) is 7.72. The molecule has 0 bridgehead atoms. The molecule has 1 aliphatic rings. The van der Waals surface area contributed by atoms with Gasteiger partial charge in [0.25, 0.3) is 0 Å². The lowest BCUT2D eigenvalue weighted by molar-refractivity contribution is 0.0926. The summed E-state index contributed by atoms with van der Waals surface area (Å²) in [5, 5.41) is 0.227. The average Bonchev–Trinajstić information content (AvgIpc) is 2.32. The largest absolute Gasteiger partial charge is 0.394 e. The summed E-state index contributed by atoms with van der Waals surface area (Å²) in [5.74, 6) is 0.718. The predicted molar refractivity (Wildman–Crippen MR) is 63.7 cm³/mol. The van der Waals surface area contributed by atoms with Crippen LogP contribution in [-0.2, 0) is 4.74 Å². The smallest absolute Gasteiger partial charge is 0.224 e. The fraction of sp³-hybridized carbons (Fsp3) is 0.600. The summed E-state index contributed by atoms with van der Waals surface area (Å²) >= 11 is 5.79. The van der Waals surface area contributed by atoms with Gasteiger partial charge < -0.3 is 15.4 Å². The van der Waals surface area contributed by atoms with Crippen molar-refractivity contribution in [2.75, 3.05) is 30.4 Å². The van der Waals surface area contributed by atoms with Gasteiger partial charge in [0.05, 0.1) is 31.1 Å². The Morgan fingerprint density at radius 2 is 2.50 bits per heavy atom. The van der Waals surface area contributed by atoms with Crippen molar-refractivity contribution in [3.05, 3.63) is 11.5 Å². The van der Waals surface area contributed by atoms with E-state index in [4.69, 9.17) is 22.1 Å². The number of hydrogen-bond acceptors (Lipinski definition) is 5. The molecule has 0 amide bonds. The van der Waals surface area contributed by atoms with Crippen LogP contribution in [0.5, 0.6) is 0 Å². The second kappa shape index (κ2) is 4.84. The van der Waals surface area contributed by atoms with Crippen molar-refractivity contribution in [3.63, 3.8) is 0 Å². The highest BCUT2D eigenvalue weighted by atomic mass is 35.5. The molecule has 88 valence electrons. The van der Waals surface area contributed by atoms with Gasteiger partial charge in [0.15, 0.2) is 5.82 Å². The highest BCUT2D eigenvalue weighted by Crippen LogP contribution is 2.25. The van der Waals surface area contributed by atoms with Crippen LogP contribution in [0.3, 0.4) is 0 Å². The summed E-state index contributed by atoms with van der Waals surface area (Å²) in [6.45, 7) is 4.30. The van der Waals surface area contributed by atoms with Crippen molar-refractivity contribution >= 4 is 23.1 Å². The summed E-state index contributed by atoms with van der Waals surface area (Å²) in [6.07, 6.45) is 2.54. The van der Waals surface area contributed by atoms with Gasteiger partial charge in [-0.05, 0) is 18.0 Å². The van der Waals surface area contributed by atoms with Gasteiger partial charge >= 0.3 is 0 Å². The van der Waals surface area contributed by atoms with Crippen molar-refractivity contribution < 1.29 is 4.74 Å². The van der Waals surface area contributed by atoms with Crippen LogP contribution >= 0.6 is 11.6 Å². The molecule has 0 saturated carbocycles. The third-order valence-corrected chi connectivity index (χ3v) is 2.92. The van der Waals surface area contributed by atoms with Crippen molar-refractivity contribution in [2.45, 2.75) is 19.4 Å². The van der Waals surface area contributed by atoms with Crippen molar-refractivity contribution in [1.82, 2.24) is 9.97 Å². The molecule has 1 fully saturated rings. The zero-order valence-corrected chi connectivity index (χ0v) is 9.94. The topological polar surface area (TPSA) is 64.3 Å². The molecule has 1 atom stereocenters. The summed E-state index contributed by atoms with van der Waals surface area (Å²) in [7, 11) is 0. The van der Waals surface area contributed by atoms with Crippen LogP contribution in [0.1, 0.15) is 13.3 Å². The number of halogens is 1. The lowest BCUT2D eigenvalue weighted by Crippen LogP contribution is -2.46. The Morgan fingerprint density at radius 3 is 3.25 bits per heavy atom. The standard InChI is InChI=1S/C10H15ClN4O/c1-2-7-6-16-4-3-15(7)9-8(12)5-13-10(11)14-9/h5,7H,2-4,6,12H2,1H3. The zero-order valence-electron chi connectivity index (χ0n) is 9.19. The second-order valence-corrected chi connectivity index (χ2v) is 4.09. The molecule has 0 spiro atoms. The Labute approximate surface area is 99.6 Å². The van der Waals surface area contributed by atoms with Crippen molar-refractivity contribution in [2.24, 2.45) is 0 Å². The molecular formula is C10H15ClN4O. The van der Waals surface area contributed by atoms with E-state index in [0.717, 1.165) is 18.8 Å². The average molecular weight is 243 g/mol. The van der Waals surface area contributed by atoms with E-state index in [9.17, 15) is 0 Å². The number of aromatic nitrogens is 2. The van der Waals surface area contributed by atoms with Crippen LogP contribution in [0.15, 0.2) is 6.20 Å². The first-order valence-electron chi connectivity index (χ1n) is 5.34. The van der Waals surface area contributed by atoms with E-state index in [1.54, 1.807) is 6.20 Å². The lowest BCUT2D eigenvalue weighted by atomic mass is 10.1. The maximum atomic E-state index is 5.87. The highest BCUT2D eigenvalue weighted by Gasteiger charge is 2.24. The molecule has 2 rings (SSSR count). The Balaban J connectivity index is 2.30. The van der Waals surface area contributed by atoms with Crippen molar-refractivity contribution in [1.29, 1.82) is 0 Å². The molecule has 0 aliphatic carbocycles. The Kier molecular flexibility index (Phi) is 3.46. The molecule has 0 radical (unpaired) electrons. The molecule has 2 N–H and O–H groups in total. The zero-order chi connectivity index (χ0) is 11.5. The number of morpholine rings is 1. The number of hydrogen-bond donors (Lipinski definition) is 1. The molecule has 16 heavy (non-hydrogen) atoms. The van der Waals surface area contributed by atoms with Gasteiger partial charge in [-0.1, -0.05) is 6.92 Å². The van der Waals surface area contributed by atoms with Gasteiger partial charge in [-0.3, -0.25) is 0 Å². The SMILES string of the molecule is CCC1COCCN1c1nc(Cl)ncc1N. The first-order valence-corrected chi connectivity index (χ1v) is 5.72.